The second-order valence-corrected chi connectivity index (χ2v) is 7.73. The second kappa shape index (κ2) is 10.7. The fraction of sp³-hybridized carbons (Fsp3) is 0.364. The average Bonchev–Trinajstić information content (AvgIpc) is 3.38. The smallest absolute Gasteiger partial charge is 0.193 e. The topological polar surface area (TPSA) is 45.5 Å². The van der Waals surface area contributed by atoms with Crippen LogP contribution in [0.25, 0.3) is 0 Å². The maximum atomic E-state index is 4.82. The molecule has 6 heteroatoms. The Morgan fingerprint density at radius 2 is 2.04 bits per heavy atom. The summed E-state index contributed by atoms with van der Waals surface area (Å²) in [5.74, 6) is 2.03. The summed E-state index contributed by atoms with van der Waals surface area (Å²) in [5, 5.41) is 5.53. The average molecular weight is 396 g/mol. The molecule has 28 heavy (non-hydrogen) atoms. The molecule has 0 saturated carbocycles. The number of aromatic nitrogens is 2. The number of thiophene rings is 1. The first-order valence-electron chi connectivity index (χ1n) is 9.82. The van der Waals surface area contributed by atoms with Crippen LogP contribution < -0.4 is 5.32 Å². The molecule has 5 nitrogen and oxygen atoms in total. The lowest BCUT2D eigenvalue weighted by Crippen LogP contribution is -2.40. The Bertz CT molecular complexity index is 839. The number of aliphatic imine (C=N–C) groups is 1. The Kier molecular flexibility index (Phi) is 7.67. The van der Waals surface area contributed by atoms with Crippen molar-refractivity contribution in [3.8, 4) is 0 Å². The highest BCUT2D eigenvalue weighted by Crippen LogP contribution is 2.10. The van der Waals surface area contributed by atoms with Crippen molar-refractivity contribution in [2.24, 2.45) is 4.99 Å². The molecule has 0 radical (unpaired) electrons. The van der Waals surface area contributed by atoms with Gasteiger partial charge in [-0.1, -0.05) is 36.4 Å². The number of guanidine groups is 1. The predicted molar refractivity (Wildman–Crippen MR) is 118 cm³/mol. The summed E-state index contributed by atoms with van der Waals surface area (Å²) in [6, 6.07) is 14.8. The van der Waals surface area contributed by atoms with Crippen LogP contribution in [-0.4, -0.2) is 47.1 Å². The molecule has 0 saturated heterocycles. The van der Waals surface area contributed by atoms with E-state index in [0.29, 0.717) is 0 Å². The van der Waals surface area contributed by atoms with Crippen LogP contribution in [0.4, 0.5) is 0 Å². The molecule has 0 unspecified atom stereocenters. The summed E-state index contributed by atoms with van der Waals surface area (Å²) < 4.78 is 2.21. The number of rotatable bonds is 9. The van der Waals surface area contributed by atoms with Gasteiger partial charge in [0.25, 0.3) is 0 Å². The Balaban J connectivity index is 1.55. The maximum absolute atomic E-state index is 4.82. The van der Waals surface area contributed by atoms with Gasteiger partial charge in [-0.2, -0.15) is 0 Å². The molecule has 0 fully saturated rings. The Hall–Kier alpha value is -2.60. The maximum Gasteiger partial charge on any atom is 0.193 e. The van der Waals surface area contributed by atoms with Crippen molar-refractivity contribution in [2.75, 3.05) is 26.7 Å². The highest BCUT2D eigenvalue weighted by Gasteiger charge is 2.07. The molecular formula is C22H29N5S. The largest absolute Gasteiger partial charge is 0.357 e. The number of nitrogens with zero attached hydrogens (tertiary/aromatic N) is 4. The number of imidazole rings is 1. The Morgan fingerprint density at radius 3 is 2.79 bits per heavy atom. The van der Waals surface area contributed by atoms with Crippen LogP contribution in [0.15, 0.2) is 65.2 Å². The van der Waals surface area contributed by atoms with Crippen molar-refractivity contribution in [2.45, 2.75) is 26.3 Å². The van der Waals surface area contributed by atoms with Gasteiger partial charge in [0.2, 0.25) is 0 Å². The first kappa shape index (κ1) is 20.1. The van der Waals surface area contributed by atoms with Gasteiger partial charge < -0.3 is 14.8 Å². The third-order valence-electron chi connectivity index (χ3n) is 4.56. The van der Waals surface area contributed by atoms with E-state index in [9.17, 15) is 0 Å². The van der Waals surface area contributed by atoms with Crippen molar-refractivity contribution in [3.63, 3.8) is 0 Å². The van der Waals surface area contributed by atoms with Gasteiger partial charge in [0.1, 0.15) is 5.82 Å². The Labute approximate surface area is 171 Å². The Morgan fingerprint density at radius 1 is 1.18 bits per heavy atom. The molecule has 0 bridgehead atoms. The fourth-order valence-corrected chi connectivity index (χ4v) is 3.76. The quantitative estimate of drug-likeness (QED) is 0.444. The summed E-state index contributed by atoms with van der Waals surface area (Å²) >= 11 is 1.81. The van der Waals surface area contributed by atoms with E-state index < -0.39 is 0 Å². The van der Waals surface area contributed by atoms with Crippen LogP contribution in [0.2, 0.25) is 0 Å². The third-order valence-corrected chi connectivity index (χ3v) is 5.50. The van der Waals surface area contributed by atoms with Gasteiger partial charge in [-0.25, -0.2) is 4.98 Å². The molecule has 148 valence electrons. The van der Waals surface area contributed by atoms with Crippen molar-refractivity contribution in [1.29, 1.82) is 0 Å². The summed E-state index contributed by atoms with van der Waals surface area (Å²) in [7, 11) is 2.10. The monoisotopic (exact) mass is 395 g/mol. The molecule has 1 N–H and O–H groups in total. The number of hydrogen-bond donors (Lipinski definition) is 1. The zero-order valence-corrected chi connectivity index (χ0v) is 17.5. The number of benzene rings is 1. The van der Waals surface area contributed by atoms with Gasteiger partial charge in [0, 0.05) is 56.9 Å². The van der Waals surface area contributed by atoms with Gasteiger partial charge >= 0.3 is 0 Å². The lowest BCUT2D eigenvalue weighted by atomic mass is 10.2. The van der Waals surface area contributed by atoms with E-state index in [2.05, 4.69) is 75.5 Å². The van der Waals surface area contributed by atoms with E-state index in [1.807, 2.05) is 29.8 Å². The number of hydrogen-bond acceptors (Lipinski definition) is 3. The molecule has 2 aromatic heterocycles. The zero-order valence-electron chi connectivity index (χ0n) is 16.7. The molecule has 0 spiro atoms. The van der Waals surface area contributed by atoms with Gasteiger partial charge in [0.15, 0.2) is 5.96 Å². The van der Waals surface area contributed by atoms with E-state index in [-0.39, 0.29) is 0 Å². The summed E-state index contributed by atoms with van der Waals surface area (Å²) in [6.07, 6.45) is 5.79. The molecule has 0 atom stereocenters. The van der Waals surface area contributed by atoms with E-state index >= 15 is 0 Å². The van der Waals surface area contributed by atoms with Crippen molar-refractivity contribution in [1.82, 2.24) is 19.8 Å². The molecule has 1 aromatic carbocycles. The first-order chi connectivity index (χ1) is 13.8. The second-order valence-electron chi connectivity index (χ2n) is 6.69. The number of likely N-dealkylation sites (N-methyl/N-ethyl adjacent to an activating group) is 1. The van der Waals surface area contributed by atoms with E-state index in [4.69, 9.17) is 4.99 Å². The summed E-state index contributed by atoms with van der Waals surface area (Å²) in [6.45, 7) is 5.49. The van der Waals surface area contributed by atoms with Crippen LogP contribution in [0, 0.1) is 0 Å². The molecule has 3 aromatic rings. The minimum absolute atomic E-state index is 0.720. The zero-order chi connectivity index (χ0) is 19.6. The van der Waals surface area contributed by atoms with Crippen LogP contribution in [-0.2, 0) is 19.4 Å². The SMILES string of the molecule is CCNC(=NCCc1nccn1Cc1ccccc1)N(C)CCc1cccs1. The van der Waals surface area contributed by atoms with E-state index in [0.717, 1.165) is 50.8 Å². The molecule has 0 amide bonds. The third kappa shape index (κ3) is 5.96. The van der Waals surface area contributed by atoms with Crippen LogP contribution in [0.1, 0.15) is 23.2 Å². The fourth-order valence-electron chi connectivity index (χ4n) is 3.06. The molecule has 0 aliphatic heterocycles. The van der Waals surface area contributed by atoms with Gasteiger partial charge in [-0.15, -0.1) is 11.3 Å². The summed E-state index contributed by atoms with van der Waals surface area (Å²) in [4.78, 5) is 13.0. The van der Waals surface area contributed by atoms with Crippen molar-refractivity contribution < 1.29 is 0 Å². The lowest BCUT2D eigenvalue weighted by Gasteiger charge is -2.21. The van der Waals surface area contributed by atoms with Crippen molar-refractivity contribution in [3.05, 3.63) is 76.5 Å². The predicted octanol–water partition coefficient (Wildman–Crippen LogP) is 3.68. The minimum Gasteiger partial charge on any atom is -0.357 e. The van der Waals surface area contributed by atoms with Crippen molar-refractivity contribution >= 4 is 17.3 Å². The van der Waals surface area contributed by atoms with Crippen LogP contribution in [0.3, 0.4) is 0 Å². The summed E-state index contributed by atoms with van der Waals surface area (Å²) in [5.41, 5.74) is 1.28. The minimum atomic E-state index is 0.720. The molecule has 0 aliphatic carbocycles. The van der Waals surface area contributed by atoms with Crippen LogP contribution >= 0.6 is 11.3 Å². The normalized spacial score (nSPS) is 11.6. The molecular weight excluding hydrogens is 366 g/mol. The van der Waals surface area contributed by atoms with E-state index in [1.165, 1.54) is 10.4 Å². The number of nitrogens with one attached hydrogen (secondary N) is 1. The van der Waals surface area contributed by atoms with E-state index in [1.54, 1.807) is 0 Å². The van der Waals surface area contributed by atoms with Gasteiger partial charge in [-0.05, 0) is 30.4 Å². The molecule has 0 aliphatic rings. The van der Waals surface area contributed by atoms with Crippen LogP contribution in [0.5, 0.6) is 0 Å². The molecule has 3 rings (SSSR count). The van der Waals surface area contributed by atoms with Gasteiger partial charge in [0.05, 0.1) is 0 Å². The first-order valence-corrected chi connectivity index (χ1v) is 10.7. The highest BCUT2D eigenvalue weighted by molar-refractivity contribution is 7.09. The van der Waals surface area contributed by atoms with Gasteiger partial charge in [-0.3, -0.25) is 4.99 Å². The standard InChI is InChI=1S/C22H29N5S/c1-3-23-22(26(2)15-12-20-10-7-17-28-20)25-13-11-21-24-14-16-27(21)18-19-8-5-4-6-9-19/h4-10,14,16-17H,3,11-13,15,18H2,1-2H3,(H,23,25). The highest BCUT2D eigenvalue weighted by atomic mass is 32.1. The lowest BCUT2D eigenvalue weighted by molar-refractivity contribution is 0.486. The molecule has 2 heterocycles.